The van der Waals surface area contributed by atoms with Crippen molar-refractivity contribution in [3.05, 3.63) is 86.9 Å². The van der Waals surface area contributed by atoms with Crippen molar-refractivity contribution in [1.29, 1.82) is 0 Å². The Morgan fingerprint density at radius 3 is 2.30 bits per heavy atom. The highest BCUT2D eigenvalue weighted by Crippen LogP contribution is 2.06. The first-order chi connectivity index (χ1) is 14.6. The first-order valence-corrected chi connectivity index (χ1v) is 10.1. The van der Waals surface area contributed by atoms with Gasteiger partial charge >= 0.3 is 0 Å². The lowest BCUT2D eigenvalue weighted by atomic mass is 10.2. The number of nitrogens with one attached hydrogen (secondary N) is 1. The summed E-state index contributed by atoms with van der Waals surface area (Å²) in [6.45, 7) is 3.42. The normalized spacial score (nSPS) is 15.1. The first kappa shape index (κ1) is 19.8. The Balaban J connectivity index is 1.34. The maximum Gasteiger partial charge on any atom is 0.273 e. The number of aromatic amines is 1. The second-order valence-electron chi connectivity index (χ2n) is 7.37. The predicted molar refractivity (Wildman–Crippen MR) is 117 cm³/mol. The molecule has 1 saturated heterocycles. The number of rotatable bonds is 5. The predicted octanol–water partition coefficient (Wildman–Crippen LogP) is 1.55. The van der Waals surface area contributed by atoms with Gasteiger partial charge in [0.15, 0.2) is 0 Å². The molecule has 1 aromatic heterocycles. The molecule has 1 fully saturated rings. The fourth-order valence-corrected chi connectivity index (χ4v) is 3.68. The van der Waals surface area contributed by atoms with Gasteiger partial charge in [0, 0.05) is 32.7 Å². The Morgan fingerprint density at radius 1 is 0.900 bits per heavy atom. The number of fused-ring (bicyclic) bond motifs is 1. The van der Waals surface area contributed by atoms with E-state index in [1.165, 1.54) is 5.56 Å². The van der Waals surface area contributed by atoms with Gasteiger partial charge < -0.3 is 4.90 Å². The molecule has 7 heteroatoms. The van der Waals surface area contributed by atoms with Gasteiger partial charge in [-0.25, -0.2) is 4.68 Å². The summed E-state index contributed by atoms with van der Waals surface area (Å²) in [5.41, 5.74) is 0.442. The van der Waals surface area contributed by atoms with Crippen LogP contribution in [0.3, 0.4) is 0 Å². The molecule has 7 nitrogen and oxygen atoms in total. The van der Waals surface area contributed by atoms with Crippen molar-refractivity contribution in [3.63, 3.8) is 0 Å². The van der Waals surface area contributed by atoms with Crippen LogP contribution in [0.5, 0.6) is 0 Å². The summed E-state index contributed by atoms with van der Waals surface area (Å²) in [7, 11) is 0. The highest BCUT2D eigenvalue weighted by Gasteiger charge is 2.21. The Kier molecular flexibility index (Phi) is 5.90. The van der Waals surface area contributed by atoms with Crippen LogP contribution in [-0.4, -0.2) is 58.2 Å². The van der Waals surface area contributed by atoms with Crippen molar-refractivity contribution in [3.8, 4) is 0 Å². The molecule has 2 heterocycles. The van der Waals surface area contributed by atoms with Crippen molar-refractivity contribution in [2.24, 2.45) is 0 Å². The molecule has 0 radical (unpaired) electrons. The van der Waals surface area contributed by atoms with E-state index in [0.717, 1.165) is 24.3 Å². The van der Waals surface area contributed by atoms with Crippen LogP contribution >= 0.6 is 0 Å². The van der Waals surface area contributed by atoms with E-state index in [0.29, 0.717) is 23.9 Å². The van der Waals surface area contributed by atoms with Gasteiger partial charge in [-0.3, -0.25) is 24.4 Å². The van der Waals surface area contributed by atoms with Crippen molar-refractivity contribution in [2.45, 2.75) is 6.54 Å². The number of hydrogen-bond acceptors (Lipinski definition) is 4. The van der Waals surface area contributed by atoms with E-state index in [1.54, 1.807) is 29.2 Å². The van der Waals surface area contributed by atoms with Gasteiger partial charge in [0.25, 0.3) is 11.1 Å². The summed E-state index contributed by atoms with van der Waals surface area (Å²) in [4.78, 5) is 41.5. The van der Waals surface area contributed by atoms with Crippen LogP contribution in [0.15, 0.2) is 70.3 Å². The standard InChI is InChI=1S/C23H24N4O3/c28-21(17-27-23(30)20-11-5-4-10-19(20)22(29)24-27)26-15-13-25(14-16-26)12-6-9-18-7-2-1-3-8-18/h1-11H,12-17H2,(H,24,29). The van der Waals surface area contributed by atoms with E-state index in [2.05, 4.69) is 34.3 Å². The number of hydrogen-bond donors (Lipinski definition) is 1. The zero-order chi connectivity index (χ0) is 20.9. The molecule has 0 spiro atoms. The third kappa shape index (κ3) is 4.41. The number of H-pyrrole nitrogens is 1. The summed E-state index contributed by atoms with van der Waals surface area (Å²) in [6.07, 6.45) is 4.23. The van der Waals surface area contributed by atoms with Gasteiger partial charge in [0.2, 0.25) is 5.91 Å². The zero-order valence-electron chi connectivity index (χ0n) is 16.7. The molecule has 154 valence electrons. The van der Waals surface area contributed by atoms with E-state index in [4.69, 9.17) is 0 Å². The number of nitrogens with zero attached hydrogens (tertiary/aromatic N) is 3. The van der Waals surface area contributed by atoms with Crippen LogP contribution < -0.4 is 11.1 Å². The number of amides is 1. The smallest absolute Gasteiger partial charge is 0.273 e. The van der Waals surface area contributed by atoms with Crippen molar-refractivity contribution in [2.75, 3.05) is 32.7 Å². The lowest BCUT2D eigenvalue weighted by Gasteiger charge is -2.34. The van der Waals surface area contributed by atoms with Crippen LogP contribution in [0, 0.1) is 0 Å². The fraction of sp³-hybridized carbons (Fsp3) is 0.261. The number of carbonyl (C=O) groups is 1. The molecular formula is C23H24N4O3. The molecule has 0 bridgehead atoms. The zero-order valence-corrected chi connectivity index (χ0v) is 16.7. The second-order valence-corrected chi connectivity index (χ2v) is 7.37. The number of aromatic nitrogens is 2. The lowest BCUT2D eigenvalue weighted by molar-refractivity contribution is -0.133. The highest BCUT2D eigenvalue weighted by atomic mass is 16.2. The number of benzene rings is 2. The average Bonchev–Trinajstić information content (AvgIpc) is 2.78. The Bertz CT molecular complexity index is 1170. The molecule has 0 atom stereocenters. The maximum atomic E-state index is 12.7. The molecule has 1 amide bonds. The lowest BCUT2D eigenvalue weighted by Crippen LogP contribution is -2.50. The van der Waals surface area contributed by atoms with E-state index < -0.39 is 0 Å². The van der Waals surface area contributed by atoms with Gasteiger partial charge in [-0.15, -0.1) is 0 Å². The molecule has 1 aliphatic rings. The third-order valence-electron chi connectivity index (χ3n) is 5.38. The van der Waals surface area contributed by atoms with Crippen molar-refractivity contribution >= 4 is 22.8 Å². The summed E-state index contributed by atoms with van der Waals surface area (Å²) in [6, 6.07) is 16.8. The minimum Gasteiger partial charge on any atom is -0.339 e. The van der Waals surface area contributed by atoms with E-state index in [9.17, 15) is 14.4 Å². The highest BCUT2D eigenvalue weighted by molar-refractivity contribution is 5.81. The molecule has 1 N–H and O–H groups in total. The van der Waals surface area contributed by atoms with Crippen LogP contribution in [0.4, 0.5) is 0 Å². The van der Waals surface area contributed by atoms with Gasteiger partial charge in [0.05, 0.1) is 10.8 Å². The molecular weight excluding hydrogens is 380 g/mol. The quantitative estimate of drug-likeness (QED) is 0.700. The van der Waals surface area contributed by atoms with E-state index in [1.807, 2.05) is 18.2 Å². The first-order valence-electron chi connectivity index (χ1n) is 10.1. The molecule has 1 aliphatic heterocycles. The molecule has 30 heavy (non-hydrogen) atoms. The van der Waals surface area contributed by atoms with Crippen LogP contribution in [-0.2, 0) is 11.3 Å². The molecule has 0 aliphatic carbocycles. The minimum atomic E-state index is -0.368. The Labute approximate surface area is 173 Å². The van der Waals surface area contributed by atoms with Gasteiger partial charge in [-0.05, 0) is 17.7 Å². The maximum absolute atomic E-state index is 12.7. The molecule has 3 aromatic rings. The van der Waals surface area contributed by atoms with Gasteiger partial charge in [0.1, 0.15) is 6.54 Å². The van der Waals surface area contributed by atoms with Gasteiger partial charge in [-0.2, -0.15) is 0 Å². The molecule has 0 saturated carbocycles. The van der Waals surface area contributed by atoms with Crippen molar-refractivity contribution in [1.82, 2.24) is 19.6 Å². The minimum absolute atomic E-state index is 0.160. The topological polar surface area (TPSA) is 78.4 Å². The van der Waals surface area contributed by atoms with Crippen molar-refractivity contribution < 1.29 is 4.79 Å². The monoisotopic (exact) mass is 404 g/mol. The molecule has 4 rings (SSSR count). The average molecular weight is 404 g/mol. The van der Waals surface area contributed by atoms with Crippen LogP contribution in [0.2, 0.25) is 0 Å². The summed E-state index contributed by atoms with van der Waals surface area (Å²) in [5.74, 6) is -0.164. The Morgan fingerprint density at radius 2 is 1.57 bits per heavy atom. The SMILES string of the molecule is O=C(Cn1[nH]c(=O)c2ccccc2c1=O)N1CCN(CC=Cc2ccccc2)CC1. The number of carbonyl (C=O) groups excluding carboxylic acids is 1. The summed E-state index contributed by atoms with van der Waals surface area (Å²) < 4.78 is 1.11. The summed E-state index contributed by atoms with van der Waals surface area (Å²) >= 11 is 0. The van der Waals surface area contributed by atoms with Crippen LogP contribution in [0.25, 0.3) is 16.8 Å². The Hall–Kier alpha value is -3.45. The van der Waals surface area contributed by atoms with Crippen LogP contribution in [0.1, 0.15) is 5.56 Å². The molecule has 0 unspecified atom stereocenters. The second kappa shape index (κ2) is 8.92. The third-order valence-corrected chi connectivity index (χ3v) is 5.38. The largest absolute Gasteiger partial charge is 0.339 e. The van der Waals surface area contributed by atoms with E-state index >= 15 is 0 Å². The van der Waals surface area contributed by atoms with Gasteiger partial charge in [-0.1, -0.05) is 54.6 Å². The number of piperazine rings is 1. The summed E-state index contributed by atoms with van der Waals surface area (Å²) in [5, 5.41) is 3.18. The van der Waals surface area contributed by atoms with E-state index in [-0.39, 0.29) is 23.6 Å². The molecule has 2 aromatic carbocycles. The fourth-order valence-electron chi connectivity index (χ4n) is 3.68.